The zero-order valence-corrected chi connectivity index (χ0v) is 10.5. The highest BCUT2D eigenvalue weighted by Crippen LogP contribution is 2.36. The van der Waals surface area contributed by atoms with Gasteiger partial charge in [0, 0.05) is 18.8 Å². The summed E-state index contributed by atoms with van der Waals surface area (Å²) < 4.78 is 75.9. The van der Waals surface area contributed by atoms with E-state index in [0.717, 1.165) is 0 Å². The van der Waals surface area contributed by atoms with Gasteiger partial charge in [-0.3, -0.25) is 4.99 Å². The summed E-state index contributed by atoms with van der Waals surface area (Å²) in [6.45, 7) is 1.48. The van der Waals surface area contributed by atoms with Crippen molar-refractivity contribution in [2.24, 2.45) is 9.98 Å². The summed E-state index contributed by atoms with van der Waals surface area (Å²) in [5.41, 5.74) is -3.13. The Hall–Kier alpha value is -1.86. The Morgan fingerprint density at radius 3 is 1.70 bits per heavy atom. The molecule has 1 aromatic rings. The molecular weight excluding hydrogens is 286 g/mol. The Bertz CT molecular complexity index is 508. The van der Waals surface area contributed by atoms with Gasteiger partial charge in [0.25, 0.3) is 0 Å². The van der Waals surface area contributed by atoms with Gasteiger partial charge in [0.05, 0.1) is 11.1 Å². The predicted octanol–water partition coefficient (Wildman–Crippen LogP) is 4.19. The van der Waals surface area contributed by atoms with Crippen molar-refractivity contribution in [3.63, 3.8) is 0 Å². The fourth-order valence-corrected chi connectivity index (χ4v) is 1.47. The van der Waals surface area contributed by atoms with Crippen molar-refractivity contribution >= 4 is 12.1 Å². The molecule has 20 heavy (non-hydrogen) atoms. The standard InChI is InChI=1S/C12H10F6N2/c1-3-20-10(19-2)7-4-8(11(13,14)15)6-9(5-7)12(16,17)18/h3-6H,1-2H3/b19-10-,20-3-. The molecular formula is C12H10F6N2. The van der Waals surface area contributed by atoms with E-state index in [1.54, 1.807) is 0 Å². The van der Waals surface area contributed by atoms with Gasteiger partial charge in [-0.15, -0.1) is 0 Å². The first-order chi connectivity index (χ1) is 9.09. The lowest BCUT2D eigenvalue weighted by Crippen LogP contribution is -2.13. The van der Waals surface area contributed by atoms with Crippen molar-refractivity contribution in [1.29, 1.82) is 0 Å². The Labute approximate surface area is 110 Å². The molecule has 0 aliphatic heterocycles. The van der Waals surface area contributed by atoms with Crippen LogP contribution < -0.4 is 0 Å². The Kier molecular flexibility index (Phi) is 4.57. The number of hydrogen-bond acceptors (Lipinski definition) is 1. The van der Waals surface area contributed by atoms with Crippen LogP contribution >= 0.6 is 0 Å². The van der Waals surface area contributed by atoms with Crippen LogP contribution in [0.4, 0.5) is 26.3 Å². The summed E-state index contributed by atoms with van der Waals surface area (Å²) in [6, 6.07) is 1.24. The normalized spacial score (nSPS) is 14.1. The number of benzene rings is 1. The molecule has 0 N–H and O–H groups in total. The second-order valence-electron chi connectivity index (χ2n) is 3.73. The minimum absolute atomic E-state index is 0.0619. The maximum Gasteiger partial charge on any atom is 0.416 e. The molecule has 0 radical (unpaired) electrons. The first-order valence-electron chi connectivity index (χ1n) is 5.35. The van der Waals surface area contributed by atoms with Crippen molar-refractivity contribution in [2.75, 3.05) is 7.05 Å². The van der Waals surface area contributed by atoms with Crippen LogP contribution in [0.15, 0.2) is 28.2 Å². The van der Waals surface area contributed by atoms with Gasteiger partial charge in [-0.1, -0.05) is 0 Å². The highest BCUT2D eigenvalue weighted by molar-refractivity contribution is 6.03. The van der Waals surface area contributed by atoms with Crippen LogP contribution in [-0.2, 0) is 12.4 Å². The van der Waals surface area contributed by atoms with Gasteiger partial charge in [0.1, 0.15) is 0 Å². The molecule has 0 aliphatic carbocycles. The molecule has 0 fully saturated rings. The fourth-order valence-electron chi connectivity index (χ4n) is 1.47. The van der Waals surface area contributed by atoms with Gasteiger partial charge in [-0.2, -0.15) is 26.3 Å². The summed E-state index contributed by atoms with van der Waals surface area (Å²) in [4.78, 5) is 7.23. The van der Waals surface area contributed by atoms with Crippen LogP contribution in [0.1, 0.15) is 23.6 Å². The van der Waals surface area contributed by atoms with Gasteiger partial charge < -0.3 is 0 Å². The molecule has 0 amide bonds. The lowest BCUT2D eigenvalue weighted by Gasteiger charge is -2.13. The van der Waals surface area contributed by atoms with Crippen molar-refractivity contribution in [1.82, 2.24) is 0 Å². The third kappa shape index (κ3) is 3.82. The molecule has 110 valence electrons. The van der Waals surface area contributed by atoms with Crippen LogP contribution in [0, 0.1) is 0 Å². The number of alkyl halides is 6. The topological polar surface area (TPSA) is 24.7 Å². The van der Waals surface area contributed by atoms with E-state index in [1.165, 1.54) is 20.2 Å². The second kappa shape index (κ2) is 5.64. The smallest absolute Gasteiger partial charge is 0.270 e. The van der Waals surface area contributed by atoms with Crippen LogP contribution in [0.5, 0.6) is 0 Å². The van der Waals surface area contributed by atoms with E-state index in [1.807, 2.05) is 0 Å². The van der Waals surface area contributed by atoms with Crippen LogP contribution in [0.3, 0.4) is 0 Å². The molecule has 8 heteroatoms. The summed E-state index contributed by atoms with van der Waals surface area (Å²) in [5, 5.41) is 0. The second-order valence-corrected chi connectivity index (χ2v) is 3.73. The van der Waals surface area contributed by atoms with Gasteiger partial charge in [-0.05, 0) is 25.1 Å². The molecule has 2 nitrogen and oxygen atoms in total. The molecule has 0 aromatic heterocycles. The maximum atomic E-state index is 12.6. The van der Waals surface area contributed by atoms with Crippen molar-refractivity contribution in [3.05, 3.63) is 34.9 Å². The maximum absolute atomic E-state index is 12.6. The summed E-state index contributed by atoms with van der Waals surface area (Å²) in [7, 11) is 1.23. The fraction of sp³-hybridized carbons (Fsp3) is 0.333. The van der Waals surface area contributed by atoms with Crippen LogP contribution in [0.2, 0.25) is 0 Å². The monoisotopic (exact) mass is 296 g/mol. The average molecular weight is 296 g/mol. The zero-order chi connectivity index (χ0) is 15.6. The van der Waals surface area contributed by atoms with Crippen LogP contribution in [0.25, 0.3) is 0 Å². The van der Waals surface area contributed by atoms with E-state index in [0.29, 0.717) is 12.1 Å². The van der Waals surface area contributed by atoms with E-state index in [-0.39, 0.29) is 17.5 Å². The summed E-state index contributed by atoms with van der Waals surface area (Å²) in [5.74, 6) is -0.205. The third-order valence-corrected chi connectivity index (χ3v) is 2.31. The van der Waals surface area contributed by atoms with Crippen molar-refractivity contribution in [2.45, 2.75) is 19.3 Å². The van der Waals surface area contributed by atoms with Gasteiger partial charge in [0.15, 0.2) is 5.84 Å². The number of nitrogens with zero attached hydrogens (tertiary/aromatic N) is 2. The highest BCUT2D eigenvalue weighted by Gasteiger charge is 2.37. The van der Waals surface area contributed by atoms with Gasteiger partial charge >= 0.3 is 12.4 Å². The SMILES string of the molecule is C/C=N\C(=N/C)c1cc(C(F)(F)F)cc(C(F)(F)F)c1. The molecule has 0 aliphatic rings. The van der Waals surface area contributed by atoms with E-state index in [4.69, 9.17) is 0 Å². The molecule has 0 bridgehead atoms. The lowest BCUT2D eigenvalue weighted by atomic mass is 10.0. The molecule has 0 unspecified atom stereocenters. The number of hydrogen-bond donors (Lipinski definition) is 0. The van der Waals surface area contributed by atoms with Crippen molar-refractivity contribution in [3.8, 4) is 0 Å². The molecule has 0 saturated carbocycles. The quantitative estimate of drug-likeness (QED) is 0.422. The molecule has 0 spiro atoms. The number of rotatable bonds is 1. The first-order valence-corrected chi connectivity index (χ1v) is 5.35. The Morgan fingerprint density at radius 2 is 1.40 bits per heavy atom. The number of aliphatic imine (C=N–C) groups is 2. The first kappa shape index (κ1) is 16.2. The van der Waals surface area contributed by atoms with Crippen LogP contribution in [-0.4, -0.2) is 19.1 Å². The van der Waals surface area contributed by atoms with Crippen molar-refractivity contribution < 1.29 is 26.3 Å². The molecule has 0 atom stereocenters. The minimum atomic E-state index is -4.88. The predicted molar refractivity (Wildman–Crippen MR) is 63.1 cm³/mol. The van der Waals surface area contributed by atoms with Gasteiger partial charge in [0.2, 0.25) is 0 Å². The molecule has 0 saturated heterocycles. The molecule has 1 rings (SSSR count). The van der Waals surface area contributed by atoms with Gasteiger partial charge in [-0.25, -0.2) is 4.99 Å². The van der Waals surface area contributed by atoms with E-state index >= 15 is 0 Å². The number of halogens is 6. The van der Waals surface area contributed by atoms with E-state index in [9.17, 15) is 26.3 Å². The summed E-state index contributed by atoms with van der Waals surface area (Å²) >= 11 is 0. The molecule has 1 aromatic carbocycles. The zero-order valence-electron chi connectivity index (χ0n) is 10.5. The molecule has 0 heterocycles. The number of amidine groups is 1. The Morgan fingerprint density at radius 1 is 0.950 bits per heavy atom. The third-order valence-electron chi connectivity index (χ3n) is 2.31. The van der Waals surface area contributed by atoms with E-state index in [2.05, 4.69) is 9.98 Å². The Balaban J connectivity index is 3.54. The summed E-state index contributed by atoms with van der Waals surface area (Å²) in [6.07, 6.45) is -8.54. The highest BCUT2D eigenvalue weighted by atomic mass is 19.4. The lowest BCUT2D eigenvalue weighted by molar-refractivity contribution is -0.143. The minimum Gasteiger partial charge on any atom is -0.270 e. The largest absolute Gasteiger partial charge is 0.416 e. The van der Waals surface area contributed by atoms with E-state index < -0.39 is 23.5 Å². The average Bonchev–Trinajstić information content (AvgIpc) is 2.33.